The van der Waals surface area contributed by atoms with E-state index in [1.54, 1.807) is 30.3 Å². The Morgan fingerprint density at radius 1 is 0.741 bits per heavy atom. The molecule has 0 unspecified atom stereocenters. The first-order valence-electron chi connectivity index (χ1n) is 8.32. The highest BCUT2D eigenvalue weighted by Crippen LogP contribution is 2.13. The average Bonchev–Trinajstić information content (AvgIpc) is 2.67. The molecule has 0 amide bonds. The van der Waals surface area contributed by atoms with Gasteiger partial charge in [-0.15, -0.1) is 0 Å². The fourth-order valence-electron chi connectivity index (χ4n) is 2.22. The van der Waals surface area contributed by atoms with Crippen molar-refractivity contribution in [2.75, 3.05) is 0 Å². The first-order chi connectivity index (χ1) is 13.0. The molecule has 0 atom stereocenters. The molecule has 4 nitrogen and oxygen atoms in total. The zero-order valence-electron chi connectivity index (χ0n) is 14.9. The number of phenols is 2. The molecule has 0 aliphatic carbocycles. The summed E-state index contributed by atoms with van der Waals surface area (Å²) in [5, 5.41) is 18.2. The maximum absolute atomic E-state index is 11.8. The largest absolute Gasteiger partial charge is 0.508 e. The van der Waals surface area contributed by atoms with E-state index in [-0.39, 0.29) is 23.1 Å². The Kier molecular flexibility index (Phi) is 7.08. The highest BCUT2D eigenvalue weighted by Gasteiger charge is 2.01. The maximum Gasteiger partial charge on any atom is 0.185 e. The summed E-state index contributed by atoms with van der Waals surface area (Å²) in [6.45, 7) is 1.47. The molecule has 4 heteroatoms. The summed E-state index contributed by atoms with van der Waals surface area (Å²) in [5.41, 5.74) is 2.00. The average molecular weight is 360 g/mol. The highest BCUT2D eigenvalue weighted by atomic mass is 16.3. The minimum atomic E-state index is -0.121. The zero-order chi connectivity index (χ0) is 19.6. The Hall–Kier alpha value is -3.66. The van der Waals surface area contributed by atoms with Crippen molar-refractivity contribution < 1.29 is 19.8 Å². The third-order valence-electron chi connectivity index (χ3n) is 3.61. The van der Waals surface area contributed by atoms with Crippen LogP contribution in [0.1, 0.15) is 33.2 Å². The van der Waals surface area contributed by atoms with Crippen LogP contribution < -0.4 is 0 Å². The van der Waals surface area contributed by atoms with Crippen LogP contribution >= 0.6 is 0 Å². The molecule has 0 aromatic heterocycles. The minimum absolute atomic E-state index is 0.0316. The molecule has 27 heavy (non-hydrogen) atoms. The van der Waals surface area contributed by atoms with Gasteiger partial charge in [-0.1, -0.05) is 60.7 Å². The number of phenolic OH excluding ortho intramolecular Hbond substituents is 2. The number of carbonyl (C=O) groups is 2. The predicted octanol–water partition coefficient (Wildman–Crippen LogP) is 4.88. The van der Waals surface area contributed by atoms with Crippen LogP contribution in [0, 0.1) is 0 Å². The molecule has 0 aliphatic heterocycles. The second-order valence-electron chi connectivity index (χ2n) is 5.77. The summed E-state index contributed by atoms with van der Waals surface area (Å²) in [6.07, 6.45) is 3.26. The Bertz CT molecular complexity index is 943. The van der Waals surface area contributed by atoms with E-state index in [1.165, 1.54) is 37.3 Å². The summed E-state index contributed by atoms with van der Waals surface area (Å²) in [5.74, 6) is 0.0808. The van der Waals surface area contributed by atoms with E-state index < -0.39 is 0 Å². The van der Waals surface area contributed by atoms with Gasteiger partial charge in [0.2, 0.25) is 0 Å². The van der Waals surface area contributed by atoms with Crippen LogP contribution in [0.25, 0.3) is 6.08 Å². The summed E-state index contributed by atoms with van der Waals surface area (Å²) >= 11 is 0. The number of rotatable bonds is 4. The topological polar surface area (TPSA) is 74.6 Å². The standard InChI is InChI=1S/C15H12O2.C8H8O2/c16-14-8-4-7-13(11-14)15(17)10-9-12-5-2-1-3-6-12;1-6(9)7-3-2-4-8(10)5-7/h1-11,16H;2-5,10H,1H3/b10-9+;. The molecule has 0 bridgehead atoms. The third kappa shape index (κ3) is 6.63. The van der Waals surface area contributed by atoms with Crippen LogP contribution in [0.5, 0.6) is 11.5 Å². The van der Waals surface area contributed by atoms with Gasteiger partial charge in [0.1, 0.15) is 11.5 Å². The smallest absolute Gasteiger partial charge is 0.185 e. The molecular formula is C23H20O4. The van der Waals surface area contributed by atoms with Gasteiger partial charge in [-0.25, -0.2) is 0 Å². The number of Topliss-reactive ketones (excluding diaryl/α,β-unsaturated/α-hetero) is 1. The Morgan fingerprint density at radius 2 is 1.30 bits per heavy atom. The van der Waals surface area contributed by atoms with Gasteiger partial charge in [0.05, 0.1) is 0 Å². The van der Waals surface area contributed by atoms with Crippen molar-refractivity contribution >= 4 is 17.6 Å². The van der Waals surface area contributed by atoms with Gasteiger partial charge in [0.15, 0.2) is 11.6 Å². The lowest BCUT2D eigenvalue weighted by Gasteiger charge is -1.96. The monoisotopic (exact) mass is 360 g/mol. The second kappa shape index (κ2) is 9.73. The summed E-state index contributed by atoms with van der Waals surface area (Å²) in [6, 6.07) is 22.2. The molecule has 0 saturated carbocycles. The molecule has 3 aromatic carbocycles. The van der Waals surface area contributed by atoms with Crippen molar-refractivity contribution in [3.05, 3.63) is 102 Å². The molecule has 136 valence electrons. The molecule has 0 heterocycles. The predicted molar refractivity (Wildman–Crippen MR) is 106 cm³/mol. The number of ketones is 2. The summed E-state index contributed by atoms with van der Waals surface area (Å²) < 4.78 is 0. The van der Waals surface area contributed by atoms with Crippen LogP contribution in [0.4, 0.5) is 0 Å². The van der Waals surface area contributed by atoms with Crippen molar-refractivity contribution in [3.63, 3.8) is 0 Å². The van der Waals surface area contributed by atoms with Crippen molar-refractivity contribution in [1.29, 1.82) is 0 Å². The van der Waals surface area contributed by atoms with Gasteiger partial charge in [0.25, 0.3) is 0 Å². The van der Waals surface area contributed by atoms with E-state index in [0.717, 1.165) is 5.56 Å². The number of allylic oxidation sites excluding steroid dienone is 1. The fraction of sp³-hybridized carbons (Fsp3) is 0.0435. The van der Waals surface area contributed by atoms with Crippen LogP contribution in [0.15, 0.2) is 84.9 Å². The maximum atomic E-state index is 11.8. The van der Waals surface area contributed by atoms with Crippen LogP contribution in [0.3, 0.4) is 0 Å². The SMILES string of the molecule is CC(=O)c1cccc(O)c1.O=C(/C=C/c1ccccc1)c1cccc(O)c1. The van der Waals surface area contributed by atoms with Crippen LogP contribution in [-0.2, 0) is 0 Å². The number of hydrogen-bond acceptors (Lipinski definition) is 4. The molecule has 3 rings (SSSR count). The highest BCUT2D eigenvalue weighted by molar-refractivity contribution is 6.07. The van der Waals surface area contributed by atoms with Gasteiger partial charge in [-0.2, -0.15) is 0 Å². The lowest BCUT2D eigenvalue weighted by Crippen LogP contribution is -1.92. The van der Waals surface area contributed by atoms with Gasteiger partial charge >= 0.3 is 0 Å². The van der Waals surface area contributed by atoms with Gasteiger partial charge in [0, 0.05) is 11.1 Å². The van der Waals surface area contributed by atoms with Crippen LogP contribution in [-0.4, -0.2) is 21.8 Å². The van der Waals surface area contributed by atoms with Crippen LogP contribution in [0.2, 0.25) is 0 Å². The Balaban J connectivity index is 0.000000223. The minimum Gasteiger partial charge on any atom is -0.508 e. The van der Waals surface area contributed by atoms with Crippen molar-refractivity contribution in [3.8, 4) is 11.5 Å². The first kappa shape index (κ1) is 19.7. The quantitative estimate of drug-likeness (QED) is 0.513. The van der Waals surface area contributed by atoms with Crippen molar-refractivity contribution in [2.45, 2.75) is 6.92 Å². The number of aromatic hydroxyl groups is 2. The Morgan fingerprint density at radius 3 is 1.81 bits per heavy atom. The molecule has 0 radical (unpaired) electrons. The number of carbonyl (C=O) groups excluding carboxylic acids is 2. The van der Waals surface area contributed by atoms with E-state index in [0.29, 0.717) is 11.1 Å². The summed E-state index contributed by atoms with van der Waals surface area (Å²) in [7, 11) is 0. The molecular weight excluding hydrogens is 340 g/mol. The van der Waals surface area contributed by atoms with E-state index in [1.807, 2.05) is 30.3 Å². The van der Waals surface area contributed by atoms with Gasteiger partial charge in [-0.3, -0.25) is 9.59 Å². The van der Waals surface area contributed by atoms with E-state index in [9.17, 15) is 14.7 Å². The zero-order valence-corrected chi connectivity index (χ0v) is 14.9. The van der Waals surface area contributed by atoms with E-state index in [2.05, 4.69) is 0 Å². The summed E-state index contributed by atoms with van der Waals surface area (Å²) in [4.78, 5) is 22.5. The lowest BCUT2D eigenvalue weighted by atomic mass is 10.1. The molecule has 0 fully saturated rings. The van der Waals surface area contributed by atoms with Crippen molar-refractivity contribution in [1.82, 2.24) is 0 Å². The van der Waals surface area contributed by atoms with Gasteiger partial charge in [-0.05, 0) is 42.8 Å². The molecule has 0 saturated heterocycles. The van der Waals surface area contributed by atoms with E-state index in [4.69, 9.17) is 5.11 Å². The normalized spacial score (nSPS) is 10.1. The molecule has 0 spiro atoms. The van der Waals surface area contributed by atoms with E-state index >= 15 is 0 Å². The fourth-order valence-corrected chi connectivity index (χ4v) is 2.22. The first-order valence-corrected chi connectivity index (χ1v) is 8.32. The number of benzene rings is 3. The van der Waals surface area contributed by atoms with Crippen molar-refractivity contribution in [2.24, 2.45) is 0 Å². The third-order valence-corrected chi connectivity index (χ3v) is 3.61. The van der Waals surface area contributed by atoms with Gasteiger partial charge < -0.3 is 10.2 Å². The molecule has 3 aromatic rings. The lowest BCUT2D eigenvalue weighted by molar-refractivity contribution is 0.101. The number of hydrogen-bond donors (Lipinski definition) is 2. The second-order valence-corrected chi connectivity index (χ2v) is 5.77. The molecule has 2 N–H and O–H groups in total. The Labute approximate surface area is 158 Å². The molecule has 0 aliphatic rings.